The molecule has 1 aromatic heterocycles. The third kappa shape index (κ3) is 2.40. The zero-order valence-corrected chi connectivity index (χ0v) is 11.2. The van der Waals surface area contributed by atoms with Gasteiger partial charge in [0.25, 0.3) is 5.91 Å². The monoisotopic (exact) mass is 244 g/mol. The summed E-state index contributed by atoms with van der Waals surface area (Å²) in [6.45, 7) is 6.35. The molecule has 0 aliphatic rings. The van der Waals surface area contributed by atoms with E-state index in [0.29, 0.717) is 5.92 Å². The van der Waals surface area contributed by atoms with E-state index in [-0.39, 0.29) is 11.9 Å². The minimum absolute atomic E-state index is 0.000231. The number of aromatic amines is 1. The normalized spacial score (nSPS) is 14.4. The Hall–Kier alpha value is -1.77. The number of H-pyrrole nitrogens is 1. The number of benzene rings is 1. The van der Waals surface area contributed by atoms with Crippen LogP contribution in [0.25, 0.3) is 10.9 Å². The van der Waals surface area contributed by atoms with Crippen molar-refractivity contribution in [1.29, 1.82) is 0 Å². The molecule has 96 valence electrons. The van der Waals surface area contributed by atoms with E-state index in [9.17, 15) is 4.79 Å². The number of amides is 1. The SMILES string of the molecule is CCC(C)C(C)NC(=O)c1c[nH]c2ccccc12. The van der Waals surface area contributed by atoms with Gasteiger partial charge in [0.15, 0.2) is 0 Å². The number of hydrogen-bond acceptors (Lipinski definition) is 1. The van der Waals surface area contributed by atoms with Gasteiger partial charge in [-0.25, -0.2) is 0 Å². The fraction of sp³-hybridized carbons (Fsp3) is 0.400. The number of aromatic nitrogens is 1. The molecular formula is C15H20N2O. The van der Waals surface area contributed by atoms with Crippen LogP contribution in [0.15, 0.2) is 30.5 Å². The fourth-order valence-electron chi connectivity index (χ4n) is 2.04. The summed E-state index contributed by atoms with van der Waals surface area (Å²) in [7, 11) is 0. The summed E-state index contributed by atoms with van der Waals surface area (Å²) in [4.78, 5) is 15.3. The van der Waals surface area contributed by atoms with E-state index in [1.807, 2.05) is 24.3 Å². The van der Waals surface area contributed by atoms with Crippen LogP contribution in [-0.4, -0.2) is 16.9 Å². The molecule has 0 bridgehead atoms. The molecule has 2 N–H and O–H groups in total. The third-order valence-corrected chi connectivity index (χ3v) is 3.69. The van der Waals surface area contributed by atoms with Crippen molar-refractivity contribution in [3.8, 4) is 0 Å². The van der Waals surface area contributed by atoms with Crippen LogP contribution < -0.4 is 5.32 Å². The number of fused-ring (bicyclic) bond motifs is 1. The Kier molecular flexibility index (Phi) is 3.70. The molecule has 18 heavy (non-hydrogen) atoms. The lowest BCUT2D eigenvalue weighted by Gasteiger charge is -2.19. The van der Waals surface area contributed by atoms with Gasteiger partial charge in [0.1, 0.15) is 0 Å². The highest BCUT2D eigenvalue weighted by Gasteiger charge is 2.16. The molecule has 1 amide bonds. The molecule has 3 heteroatoms. The first-order valence-electron chi connectivity index (χ1n) is 6.50. The van der Waals surface area contributed by atoms with Crippen molar-refractivity contribution in [2.24, 2.45) is 5.92 Å². The highest BCUT2D eigenvalue weighted by molar-refractivity contribution is 6.06. The Balaban J connectivity index is 2.19. The van der Waals surface area contributed by atoms with Crippen molar-refractivity contribution in [3.63, 3.8) is 0 Å². The number of nitrogens with one attached hydrogen (secondary N) is 2. The standard InChI is InChI=1S/C15H20N2O/c1-4-10(2)11(3)17-15(18)13-9-16-14-8-6-5-7-12(13)14/h5-11,16H,4H2,1-3H3,(H,17,18). The lowest BCUT2D eigenvalue weighted by Crippen LogP contribution is -2.36. The maximum atomic E-state index is 12.2. The van der Waals surface area contributed by atoms with Gasteiger partial charge in [0, 0.05) is 23.1 Å². The summed E-state index contributed by atoms with van der Waals surface area (Å²) in [5.41, 5.74) is 1.72. The fourth-order valence-corrected chi connectivity index (χ4v) is 2.04. The molecule has 2 unspecified atom stereocenters. The molecule has 0 aliphatic heterocycles. The maximum absolute atomic E-state index is 12.2. The van der Waals surface area contributed by atoms with Gasteiger partial charge in [-0.2, -0.15) is 0 Å². The first-order valence-corrected chi connectivity index (χ1v) is 6.50. The van der Waals surface area contributed by atoms with Crippen LogP contribution in [0.2, 0.25) is 0 Å². The van der Waals surface area contributed by atoms with E-state index < -0.39 is 0 Å². The van der Waals surface area contributed by atoms with Crippen molar-refractivity contribution in [3.05, 3.63) is 36.0 Å². The van der Waals surface area contributed by atoms with Crippen molar-refractivity contribution in [1.82, 2.24) is 10.3 Å². The predicted molar refractivity (Wildman–Crippen MR) is 74.7 cm³/mol. The van der Waals surface area contributed by atoms with Gasteiger partial charge in [0.05, 0.1) is 5.56 Å². The first kappa shape index (κ1) is 12.7. The van der Waals surface area contributed by atoms with Crippen LogP contribution in [-0.2, 0) is 0 Å². The van der Waals surface area contributed by atoms with E-state index in [2.05, 4.69) is 31.1 Å². The Morgan fingerprint density at radius 3 is 2.78 bits per heavy atom. The largest absolute Gasteiger partial charge is 0.360 e. The molecular weight excluding hydrogens is 224 g/mol. The maximum Gasteiger partial charge on any atom is 0.253 e. The number of carbonyl (C=O) groups is 1. The van der Waals surface area contributed by atoms with Crippen LogP contribution in [0.1, 0.15) is 37.6 Å². The molecule has 1 aromatic carbocycles. The van der Waals surface area contributed by atoms with Crippen molar-refractivity contribution >= 4 is 16.8 Å². The number of rotatable bonds is 4. The van der Waals surface area contributed by atoms with Gasteiger partial charge in [0.2, 0.25) is 0 Å². The lowest BCUT2D eigenvalue weighted by molar-refractivity contribution is 0.0930. The smallest absolute Gasteiger partial charge is 0.253 e. The van der Waals surface area contributed by atoms with Gasteiger partial charge >= 0.3 is 0 Å². The van der Waals surface area contributed by atoms with Gasteiger partial charge in [-0.05, 0) is 18.9 Å². The lowest BCUT2D eigenvalue weighted by atomic mass is 10.0. The second-order valence-corrected chi connectivity index (χ2v) is 4.90. The van der Waals surface area contributed by atoms with Crippen LogP contribution in [0, 0.1) is 5.92 Å². The van der Waals surface area contributed by atoms with E-state index in [4.69, 9.17) is 0 Å². The van der Waals surface area contributed by atoms with Crippen LogP contribution in [0.4, 0.5) is 0 Å². The van der Waals surface area contributed by atoms with Gasteiger partial charge < -0.3 is 10.3 Å². The van der Waals surface area contributed by atoms with Crippen molar-refractivity contribution in [2.75, 3.05) is 0 Å². The van der Waals surface area contributed by atoms with Crippen molar-refractivity contribution < 1.29 is 4.79 Å². The topological polar surface area (TPSA) is 44.9 Å². The average molecular weight is 244 g/mol. The Morgan fingerprint density at radius 1 is 1.33 bits per heavy atom. The Morgan fingerprint density at radius 2 is 2.06 bits per heavy atom. The molecule has 0 aliphatic carbocycles. The average Bonchev–Trinajstić information content (AvgIpc) is 2.81. The second-order valence-electron chi connectivity index (χ2n) is 4.90. The third-order valence-electron chi connectivity index (χ3n) is 3.69. The zero-order valence-electron chi connectivity index (χ0n) is 11.2. The molecule has 2 aromatic rings. The summed E-state index contributed by atoms with van der Waals surface area (Å²) in [6.07, 6.45) is 2.85. The highest BCUT2D eigenvalue weighted by atomic mass is 16.1. The van der Waals surface area contributed by atoms with Crippen LogP contribution >= 0.6 is 0 Å². The number of carbonyl (C=O) groups excluding carboxylic acids is 1. The summed E-state index contributed by atoms with van der Waals surface area (Å²) >= 11 is 0. The molecule has 0 saturated heterocycles. The summed E-state index contributed by atoms with van der Waals surface area (Å²) in [5.74, 6) is 0.486. The molecule has 1 heterocycles. The van der Waals surface area contributed by atoms with Crippen LogP contribution in [0.5, 0.6) is 0 Å². The summed E-state index contributed by atoms with van der Waals surface area (Å²) < 4.78 is 0. The Labute approximate surface area is 108 Å². The number of para-hydroxylation sites is 1. The van der Waals surface area contributed by atoms with Gasteiger partial charge in [-0.1, -0.05) is 38.5 Å². The minimum Gasteiger partial charge on any atom is -0.360 e. The van der Waals surface area contributed by atoms with E-state index in [0.717, 1.165) is 22.9 Å². The van der Waals surface area contributed by atoms with Gasteiger partial charge in [-0.15, -0.1) is 0 Å². The van der Waals surface area contributed by atoms with E-state index >= 15 is 0 Å². The summed E-state index contributed by atoms with van der Waals surface area (Å²) in [5, 5.41) is 4.04. The Bertz CT molecular complexity index is 544. The number of hydrogen-bond donors (Lipinski definition) is 2. The van der Waals surface area contributed by atoms with E-state index in [1.165, 1.54) is 0 Å². The molecule has 0 fully saturated rings. The molecule has 0 spiro atoms. The van der Waals surface area contributed by atoms with Gasteiger partial charge in [-0.3, -0.25) is 4.79 Å². The first-order chi connectivity index (χ1) is 8.63. The minimum atomic E-state index is 0.000231. The molecule has 0 saturated carbocycles. The quantitative estimate of drug-likeness (QED) is 0.851. The van der Waals surface area contributed by atoms with E-state index in [1.54, 1.807) is 6.20 Å². The second kappa shape index (κ2) is 5.25. The zero-order chi connectivity index (χ0) is 13.1. The van der Waals surface area contributed by atoms with Crippen molar-refractivity contribution in [2.45, 2.75) is 33.2 Å². The van der Waals surface area contributed by atoms with Crippen LogP contribution in [0.3, 0.4) is 0 Å². The molecule has 0 radical (unpaired) electrons. The molecule has 3 nitrogen and oxygen atoms in total. The summed E-state index contributed by atoms with van der Waals surface area (Å²) in [6, 6.07) is 8.04. The predicted octanol–water partition coefficient (Wildman–Crippen LogP) is 3.33. The highest BCUT2D eigenvalue weighted by Crippen LogP contribution is 2.18. The molecule has 2 atom stereocenters. The molecule has 2 rings (SSSR count).